The Labute approximate surface area is 149 Å². The van der Waals surface area contributed by atoms with Crippen molar-refractivity contribution in [1.82, 2.24) is 0 Å². The van der Waals surface area contributed by atoms with Gasteiger partial charge in [0.15, 0.2) is 4.48 Å². The van der Waals surface area contributed by atoms with Gasteiger partial charge in [-0.2, -0.15) is 5.57 Å². The van der Waals surface area contributed by atoms with E-state index in [1.165, 1.54) is 84.8 Å². The van der Waals surface area contributed by atoms with E-state index in [1.807, 2.05) is 0 Å². The van der Waals surface area contributed by atoms with Crippen molar-refractivity contribution in [1.29, 1.82) is 0 Å². The minimum absolute atomic E-state index is 1.08. The maximum atomic E-state index is 3.67. The number of halogens is 2. The molecule has 0 atom stereocenters. The van der Waals surface area contributed by atoms with Gasteiger partial charge in [-0.3, -0.25) is 5.73 Å². The van der Waals surface area contributed by atoms with E-state index in [0.29, 0.717) is 0 Å². The molecule has 0 aromatic rings. The maximum absolute atomic E-state index is 3.67. The largest absolute Gasteiger partial charge is 0.258 e. The van der Waals surface area contributed by atoms with Crippen LogP contribution in [0.25, 0.3) is 0 Å². The third kappa shape index (κ3) is 2.63. The molecule has 0 saturated heterocycles. The molecule has 0 saturated carbocycles. The Morgan fingerprint density at radius 1 is 0.818 bits per heavy atom. The average molecular weight is 418 g/mol. The first-order chi connectivity index (χ1) is 10.7. The monoisotopic (exact) mass is 416 g/mol. The molecule has 0 radical (unpaired) electrons. The van der Waals surface area contributed by atoms with Crippen molar-refractivity contribution in [3.8, 4) is 0 Å². The van der Waals surface area contributed by atoms with Crippen molar-refractivity contribution in [3.63, 3.8) is 0 Å². The smallest absolute Gasteiger partial charge is 0.181 e. The van der Waals surface area contributed by atoms with Gasteiger partial charge in [-0.25, -0.2) is 0 Å². The summed E-state index contributed by atoms with van der Waals surface area (Å²) in [6, 6.07) is 0. The van der Waals surface area contributed by atoms with Crippen LogP contribution < -0.4 is 0 Å². The molecular formula is C20H18Br2. The molecule has 4 rings (SSSR count). The summed E-state index contributed by atoms with van der Waals surface area (Å²) in [5.74, 6) is 0. The first kappa shape index (κ1) is 14.8. The van der Waals surface area contributed by atoms with Crippen molar-refractivity contribution in [2.75, 3.05) is 0 Å². The van der Waals surface area contributed by atoms with E-state index in [-0.39, 0.29) is 0 Å². The zero-order chi connectivity index (χ0) is 15.1. The van der Waals surface area contributed by atoms with Gasteiger partial charge >= 0.3 is 0 Å². The highest BCUT2D eigenvalue weighted by atomic mass is 79.9. The second kappa shape index (κ2) is 6.02. The van der Waals surface area contributed by atoms with Crippen molar-refractivity contribution in [2.45, 2.75) is 51.4 Å². The van der Waals surface area contributed by atoms with E-state index < -0.39 is 0 Å². The van der Waals surface area contributed by atoms with Gasteiger partial charge in [0.05, 0.1) is 23.3 Å². The minimum Gasteiger partial charge on any atom is -0.258 e. The van der Waals surface area contributed by atoms with Gasteiger partial charge in [0, 0.05) is 6.42 Å². The summed E-state index contributed by atoms with van der Waals surface area (Å²) in [6.45, 7) is 0. The van der Waals surface area contributed by atoms with Gasteiger partial charge in [-0.15, -0.1) is 12.0 Å². The molecule has 0 nitrogen and oxygen atoms in total. The second-order valence-electron chi connectivity index (χ2n) is 6.41. The molecule has 4 aliphatic carbocycles. The first-order valence-corrected chi connectivity index (χ1v) is 9.78. The van der Waals surface area contributed by atoms with Gasteiger partial charge in [-0.1, -0.05) is 51.7 Å². The Hall–Kier alpha value is -0.780. The number of rotatable bonds is 1. The fourth-order valence-electron chi connectivity index (χ4n) is 3.94. The molecule has 0 aliphatic heterocycles. The number of hydrogen-bond donors (Lipinski definition) is 0. The second-order valence-corrected chi connectivity index (χ2v) is 8.12. The summed E-state index contributed by atoms with van der Waals surface area (Å²) < 4.78 is 2.17. The average Bonchev–Trinajstić information content (AvgIpc) is 2.53. The molecule has 0 amide bonds. The Balaban J connectivity index is 1.89. The standard InChI is InChI=1S/C20H18Br2/c21-15-9-13-5-1-3-7-17(13)19(11-15)20-12-16(22)10-14-6-2-4-8-18(14)20/h9-10H,1-8H2. The van der Waals surface area contributed by atoms with Gasteiger partial charge in [-0.05, 0) is 35.2 Å². The quantitative estimate of drug-likeness (QED) is 0.326. The third-order valence-electron chi connectivity index (χ3n) is 4.97. The van der Waals surface area contributed by atoms with Gasteiger partial charge < -0.3 is 0 Å². The predicted molar refractivity (Wildman–Crippen MR) is 98.5 cm³/mol. The molecule has 0 aromatic heterocycles. The van der Waals surface area contributed by atoms with Gasteiger partial charge in [0.1, 0.15) is 5.57 Å². The lowest BCUT2D eigenvalue weighted by atomic mass is 9.75. The van der Waals surface area contributed by atoms with Gasteiger partial charge in [0.2, 0.25) is 0 Å². The Morgan fingerprint density at radius 2 is 1.50 bits per heavy atom. The fourth-order valence-corrected chi connectivity index (χ4v) is 4.89. The van der Waals surface area contributed by atoms with E-state index in [1.54, 1.807) is 0 Å². The summed E-state index contributed by atoms with van der Waals surface area (Å²) >= 11 is 7.34. The highest BCUT2D eigenvalue weighted by molar-refractivity contribution is 9.12. The van der Waals surface area contributed by atoms with Crippen molar-refractivity contribution in [3.05, 3.63) is 66.7 Å². The molecule has 22 heavy (non-hydrogen) atoms. The summed E-state index contributed by atoms with van der Waals surface area (Å²) in [5, 5.41) is 0. The van der Waals surface area contributed by atoms with E-state index in [2.05, 4.69) is 56.2 Å². The van der Waals surface area contributed by atoms with Crippen LogP contribution in [-0.4, -0.2) is 0 Å². The first-order valence-electron chi connectivity index (χ1n) is 8.20. The summed E-state index contributed by atoms with van der Waals surface area (Å²) in [6.07, 6.45) is 14.5. The molecule has 112 valence electrons. The van der Waals surface area contributed by atoms with Crippen LogP contribution in [0, 0.1) is 12.8 Å². The zero-order valence-electron chi connectivity index (χ0n) is 12.6. The Kier molecular flexibility index (Phi) is 4.05. The van der Waals surface area contributed by atoms with Gasteiger partial charge in [0.25, 0.3) is 0 Å². The van der Waals surface area contributed by atoms with E-state index in [4.69, 9.17) is 0 Å². The zero-order valence-corrected chi connectivity index (χ0v) is 15.7. The molecule has 0 bridgehead atoms. The van der Waals surface area contributed by atoms with Crippen molar-refractivity contribution < 1.29 is 0 Å². The summed E-state index contributed by atoms with van der Waals surface area (Å²) in [7, 11) is 0. The molecule has 0 spiro atoms. The van der Waals surface area contributed by atoms with Crippen LogP contribution in [0.3, 0.4) is 0 Å². The van der Waals surface area contributed by atoms with Crippen LogP contribution in [-0.2, 0) is 0 Å². The molecule has 0 fully saturated rings. The lowest BCUT2D eigenvalue weighted by Crippen LogP contribution is -2.12. The maximum Gasteiger partial charge on any atom is 0.181 e. The summed E-state index contributed by atoms with van der Waals surface area (Å²) in [4.78, 5) is 0. The lowest BCUT2D eigenvalue weighted by molar-refractivity contribution is 0.671. The van der Waals surface area contributed by atoms with E-state index in [9.17, 15) is 0 Å². The summed E-state index contributed by atoms with van der Waals surface area (Å²) in [5.41, 5.74) is 15.8. The van der Waals surface area contributed by atoms with Crippen LogP contribution in [0.15, 0.2) is 53.9 Å². The fraction of sp³-hybridized carbons (Fsp3) is 0.400. The molecule has 0 aromatic carbocycles. The molecule has 0 N–H and O–H groups in total. The van der Waals surface area contributed by atoms with Crippen LogP contribution >= 0.6 is 31.9 Å². The highest BCUT2D eigenvalue weighted by Gasteiger charge is 2.30. The van der Waals surface area contributed by atoms with Crippen LogP contribution in [0.2, 0.25) is 0 Å². The predicted octanol–water partition coefficient (Wildman–Crippen LogP) is 6.77. The van der Waals surface area contributed by atoms with E-state index in [0.717, 1.165) is 8.96 Å². The highest BCUT2D eigenvalue weighted by Crippen LogP contribution is 2.45. The Bertz CT molecular complexity index is 666. The van der Waals surface area contributed by atoms with Crippen LogP contribution in [0.5, 0.6) is 0 Å². The van der Waals surface area contributed by atoms with Crippen molar-refractivity contribution in [2.24, 2.45) is 0 Å². The topological polar surface area (TPSA) is 0 Å². The van der Waals surface area contributed by atoms with E-state index >= 15 is 0 Å². The molecule has 2 heteroatoms. The van der Waals surface area contributed by atoms with Crippen molar-refractivity contribution >= 4 is 31.9 Å². The normalized spacial score (nSPS) is 24.3. The number of hydrogen-bond acceptors (Lipinski definition) is 0. The molecule has 0 unspecified atom stereocenters. The third-order valence-corrected chi connectivity index (χ3v) is 5.82. The molecule has 0 heterocycles. The Morgan fingerprint density at radius 3 is 2.36 bits per heavy atom. The lowest BCUT2D eigenvalue weighted by Gasteiger charge is -2.32. The van der Waals surface area contributed by atoms with Crippen LogP contribution in [0.1, 0.15) is 51.4 Å². The SMILES string of the molecule is BrC1=C=C(C2=C=C(Br)[CH-]C3=C2CCCC3)C2=C([CH+]1)CCCC2. The molecular weight excluding hydrogens is 400 g/mol. The molecule has 4 aliphatic rings. The van der Waals surface area contributed by atoms with Crippen LogP contribution in [0.4, 0.5) is 0 Å². The minimum atomic E-state index is 1.08. The number of allylic oxidation sites excluding steroid dienone is 6.